The third-order valence-electron chi connectivity index (χ3n) is 3.96. The summed E-state index contributed by atoms with van der Waals surface area (Å²) in [5.41, 5.74) is 0.160. The van der Waals surface area contributed by atoms with Crippen LogP contribution < -0.4 is 0 Å². The number of nitro groups is 1. The third kappa shape index (κ3) is 4.69. The van der Waals surface area contributed by atoms with Gasteiger partial charge in [-0.25, -0.2) is 13.2 Å². The minimum absolute atomic E-state index is 0.00802. The number of hydrogen-bond donors (Lipinski definition) is 0. The van der Waals surface area contributed by atoms with E-state index in [1.807, 2.05) is 0 Å². The van der Waals surface area contributed by atoms with Crippen LogP contribution in [-0.2, 0) is 21.4 Å². The Morgan fingerprint density at radius 3 is 2.41 bits per heavy atom. The Labute approximate surface area is 157 Å². The predicted molar refractivity (Wildman–Crippen MR) is 98.8 cm³/mol. The molecular weight excluding hydrogens is 372 g/mol. The lowest BCUT2D eigenvalue weighted by Gasteiger charge is -2.18. The molecule has 2 rings (SSSR count). The zero-order valence-electron chi connectivity index (χ0n) is 15.0. The van der Waals surface area contributed by atoms with Gasteiger partial charge in [-0.1, -0.05) is 32.0 Å². The molecule has 2 aromatic rings. The van der Waals surface area contributed by atoms with Crippen LogP contribution >= 0.6 is 0 Å². The van der Waals surface area contributed by atoms with Gasteiger partial charge < -0.3 is 4.74 Å². The molecule has 0 amide bonds. The van der Waals surface area contributed by atoms with Gasteiger partial charge in [0.15, 0.2) is 0 Å². The summed E-state index contributed by atoms with van der Waals surface area (Å²) in [6, 6.07) is 11.5. The maximum absolute atomic E-state index is 12.6. The van der Waals surface area contributed by atoms with Crippen molar-refractivity contribution in [2.24, 2.45) is 0 Å². The number of nitrogens with zero attached hydrogens (tertiary/aromatic N) is 2. The number of benzene rings is 2. The Balaban J connectivity index is 2.20. The molecule has 144 valence electrons. The smallest absolute Gasteiger partial charge is 0.338 e. The van der Waals surface area contributed by atoms with Gasteiger partial charge in [-0.15, -0.1) is 0 Å². The molecule has 0 saturated heterocycles. The Morgan fingerprint density at radius 2 is 1.78 bits per heavy atom. The summed E-state index contributed by atoms with van der Waals surface area (Å²) in [6.07, 6.45) is 0. The Morgan fingerprint density at radius 1 is 1.11 bits per heavy atom. The zero-order chi connectivity index (χ0) is 20.0. The summed E-state index contributed by atoms with van der Waals surface area (Å²) in [5, 5.41) is 11.0. The second kappa shape index (κ2) is 8.74. The van der Waals surface area contributed by atoms with Gasteiger partial charge in [0.1, 0.15) is 6.61 Å². The number of ether oxygens (including phenoxy) is 1. The van der Waals surface area contributed by atoms with Gasteiger partial charge >= 0.3 is 5.97 Å². The molecule has 2 aromatic carbocycles. The second-order valence-electron chi connectivity index (χ2n) is 5.58. The van der Waals surface area contributed by atoms with Crippen molar-refractivity contribution in [2.75, 3.05) is 13.1 Å². The molecule has 27 heavy (non-hydrogen) atoms. The number of hydrogen-bond acceptors (Lipinski definition) is 6. The lowest BCUT2D eigenvalue weighted by Crippen LogP contribution is -2.30. The van der Waals surface area contributed by atoms with E-state index < -0.39 is 20.9 Å². The fraction of sp³-hybridized carbons (Fsp3) is 0.278. The monoisotopic (exact) mass is 392 g/mol. The van der Waals surface area contributed by atoms with Crippen LogP contribution in [0.25, 0.3) is 0 Å². The maximum atomic E-state index is 12.6. The lowest BCUT2D eigenvalue weighted by molar-refractivity contribution is -0.385. The van der Waals surface area contributed by atoms with Crippen molar-refractivity contribution >= 4 is 21.7 Å². The minimum atomic E-state index is -3.71. The number of carbonyl (C=O) groups excluding carboxylic acids is 1. The highest BCUT2D eigenvalue weighted by Crippen LogP contribution is 2.20. The average Bonchev–Trinajstić information content (AvgIpc) is 2.67. The summed E-state index contributed by atoms with van der Waals surface area (Å²) in [4.78, 5) is 22.7. The van der Waals surface area contributed by atoms with E-state index in [2.05, 4.69) is 0 Å². The molecular formula is C18H20N2O6S. The molecule has 8 nitrogen and oxygen atoms in total. The molecule has 0 saturated carbocycles. The van der Waals surface area contributed by atoms with E-state index in [4.69, 9.17) is 4.74 Å². The van der Waals surface area contributed by atoms with Crippen LogP contribution in [0.4, 0.5) is 5.69 Å². The first-order chi connectivity index (χ1) is 12.8. The molecule has 0 aliphatic heterocycles. The van der Waals surface area contributed by atoms with Crippen LogP contribution in [-0.4, -0.2) is 36.7 Å². The van der Waals surface area contributed by atoms with Crippen molar-refractivity contribution in [3.05, 3.63) is 69.8 Å². The van der Waals surface area contributed by atoms with Crippen LogP contribution in [0.3, 0.4) is 0 Å². The number of para-hydroxylation sites is 1. The number of rotatable bonds is 8. The van der Waals surface area contributed by atoms with E-state index in [1.165, 1.54) is 46.8 Å². The summed E-state index contributed by atoms with van der Waals surface area (Å²) in [7, 11) is -3.71. The summed E-state index contributed by atoms with van der Waals surface area (Å²) >= 11 is 0. The molecule has 0 bridgehead atoms. The van der Waals surface area contributed by atoms with Gasteiger partial charge in [-0.3, -0.25) is 10.1 Å². The fourth-order valence-electron chi connectivity index (χ4n) is 2.53. The highest BCUT2D eigenvalue weighted by atomic mass is 32.2. The van der Waals surface area contributed by atoms with Crippen molar-refractivity contribution in [1.82, 2.24) is 4.31 Å². The van der Waals surface area contributed by atoms with Gasteiger partial charge in [0.2, 0.25) is 10.0 Å². The maximum Gasteiger partial charge on any atom is 0.338 e. The Hall–Kier alpha value is -2.78. The number of carbonyl (C=O) groups is 1. The topological polar surface area (TPSA) is 107 Å². The van der Waals surface area contributed by atoms with E-state index in [9.17, 15) is 23.3 Å². The molecule has 0 aliphatic carbocycles. The van der Waals surface area contributed by atoms with E-state index in [0.29, 0.717) is 13.1 Å². The summed E-state index contributed by atoms with van der Waals surface area (Å²) in [6.45, 7) is 3.79. The minimum Gasteiger partial charge on any atom is -0.457 e. The van der Waals surface area contributed by atoms with Gasteiger partial charge in [-0.2, -0.15) is 4.31 Å². The van der Waals surface area contributed by atoms with Crippen LogP contribution in [0, 0.1) is 10.1 Å². The first-order valence-electron chi connectivity index (χ1n) is 8.30. The molecule has 0 N–H and O–H groups in total. The normalized spacial score (nSPS) is 11.4. The molecule has 0 spiro atoms. The summed E-state index contributed by atoms with van der Waals surface area (Å²) < 4.78 is 31.6. The quantitative estimate of drug-likeness (QED) is 0.388. The van der Waals surface area contributed by atoms with Gasteiger partial charge in [0.05, 0.1) is 20.9 Å². The average molecular weight is 392 g/mol. The lowest BCUT2D eigenvalue weighted by atomic mass is 10.2. The van der Waals surface area contributed by atoms with E-state index in [1.54, 1.807) is 19.9 Å². The van der Waals surface area contributed by atoms with Crippen molar-refractivity contribution in [2.45, 2.75) is 25.3 Å². The first kappa shape index (κ1) is 20.5. The van der Waals surface area contributed by atoms with Crippen molar-refractivity contribution in [3.8, 4) is 0 Å². The second-order valence-corrected chi connectivity index (χ2v) is 7.52. The van der Waals surface area contributed by atoms with Crippen molar-refractivity contribution in [3.63, 3.8) is 0 Å². The van der Waals surface area contributed by atoms with Crippen molar-refractivity contribution < 1.29 is 22.9 Å². The number of esters is 1. The van der Waals surface area contributed by atoms with Crippen molar-refractivity contribution in [1.29, 1.82) is 0 Å². The largest absolute Gasteiger partial charge is 0.457 e. The predicted octanol–water partition coefficient (Wildman–Crippen LogP) is 2.98. The number of sulfonamides is 1. The molecule has 0 unspecified atom stereocenters. The van der Waals surface area contributed by atoms with Crippen LogP contribution in [0.5, 0.6) is 0 Å². The molecule has 0 aliphatic rings. The van der Waals surface area contributed by atoms with Gasteiger partial charge in [0.25, 0.3) is 5.69 Å². The SMILES string of the molecule is CCN(CC)S(=O)(=O)c1cccc(C(=O)OCc2ccccc2[N+](=O)[O-])c1. The molecule has 0 radical (unpaired) electrons. The van der Waals surface area contributed by atoms with E-state index in [-0.39, 0.29) is 28.3 Å². The highest BCUT2D eigenvalue weighted by Gasteiger charge is 2.23. The van der Waals surface area contributed by atoms with Crippen LogP contribution in [0.1, 0.15) is 29.8 Å². The fourth-order valence-corrected chi connectivity index (χ4v) is 4.04. The molecule has 0 fully saturated rings. The number of nitro benzene ring substituents is 1. The molecule has 0 aromatic heterocycles. The van der Waals surface area contributed by atoms with Crippen LogP contribution in [0.2, 0.25) is 0 Å². The third-order valence-corrected chi connectivity index (χ3v) is 6.01. The van der Waals surface area contributed by atoms with Gasteiger partial charge in [0, 0.05) is 19.2 Å². The van der Waals surface area contributed by atoms with Crippen LogP contribution in [0.15, 0.2) is 53.4 Å². The molecule has 0 atom stereocenters. The molecule has 0 heterocycles. The van der Waals surface area contributed by atoms with E-state index in [0.717, 1.165) is 0 Å². The Bertz CT molecular complexity index is 938. The van der Waals surface area contributed by atoms with E-state index >= 15 is 0 Å². The molecule has 9 heteroatoms. The first-order valence-corrected chi connectivity index (χ1v) is 9.74. The zero-order valence-corrected chi connectivity index (χ0v) is 15.8. The Kier molecular flexibility index (Phi) is 6.65. The highest BCUT2D eigenvalue weighted by molar-refractivity contribution is 7.89. The van der Waals surface area contributed by atoms with Gasteiger partial charge in [-0.05, 0) is 24.3 Å². The standard InChI is InChI=1S/C18H20N2O6S/c1-3-19(4-2)27(24,25)16-10-7-9-14(12-16)18(21)26-13-15-8-5-6-11-17(15)20(22)23/h5-12H,3-4,13H2,1-2H3. The summed E-state index contributed by atoms with van der Waals surface area (Å²) in [5.74, 6) is -0.759.